The van der Waals surface area contributed by atoms with E-state index in [0.29, 0.717) is 18.9 Å². The first-order valence-electron chi connectivity index (χ1n) is 9.91. The van der Waals surface area contributed by atoms with Crippen LogP contribution in [0.15, 0.2) is 53.4 Å². The van der Waals surface area contributed by atoms with Crippen molar-refractivity contribution in [1.29, 1.82) is 0 Å². The van der Waals surface area contributed by atoms with E-state index in [1.165, 1.54) is 4.72 Å². The molecule has 12 heteroatoms. The van der Waals surface area contributed by atoms with Crippen molar-refractivity contribution in [3.8, 4) is 0 Å². The summed E-state index contributed by atoms with van der Waals surface area (Å²) < 4.78 is 105. The number of hydrogen-bond acceptors (Lipinski definition) is 3. The molecule has 0 fully saturated rings. The van der Waals surface area contributed by atoms with E-state index < -0.39 is 57.2 Å². The number of amides is 1. The number of hydrogen-bond donors (Lipinski definition) is 2. The van der Waals surface area contributed by atoms with E-state index in [4.69, 9.17) is 0 Å². The molecule has 0 saturated carbocycles. The van der Waals surface area contributed by atoms with E-state index in [-0.39, 0.29) is 6.07 Å². The van der Waals surface area contributed by atoms with Gasteiger partial charge in [0.25, 0.3) is 0 Å². The van der Waals surface area contributed by atoms with Crippen LogP contribution in [0.4, 0.5) is 26.3 Å². The molecule has 2 aromatic rings. The van der Waals surface area contributed by atoms with Crippen molar-refractivity contribution in [3.63, 3.8) is 0 Å². The first-order chi connectivity index (χ1) is 15.3. The summed E-state index contributed by atoms with van der Waals surface area (Å²) in [4.78, 5) is 11.4. The lowest BCUT2D eigenvalue weighted by atomic mass is 9.87. The SMILES string of the molecule is O=C(CC(NS(=O)(=O)c1cccc(C(F)(F)F)c1)C(F)(F)F)NC1CCCc2ccccc21. The minimum Gasteiger partial charge on any atom is -0.349 e. The lowest BCUT2D eigenvalue weighted by Crippen LogP contribution is -2.48. The van der Waals surface area contributed by atoms with Crippen molar-refractivity contribution in [2.45, 2.75) is 55.0 Å². The molecular weight excluding hydrogens is 474 g/mol. The third-order valence-electron chi connectivity index (χ3n) is 5.26. The highest BCUT2D eigenvalue weighted by molar-refractivity contribution is 7.89. The number of rotatable bonds is 6. The quantitative estimate of drug-likeness (QED) is 0.581. The number of fused-ring (bicyclic) bond motifs is 1. The summed E-state index contributed by atoms with van der Waals surface area (Å²) in [5.74, 6) is -1.04. The van der Waals surface area contributed by atoms with Crippen LogP contribution in [0.25, 0.3) is 0 Å². The Morgan fingerprint density at radius 1 is 1.03 bits per heavy atom. The summed E-state index contributed by atoms with van der Waals surface area (Å²) in [6.45, 7) is 0. The van der Waals surface area contributed by atoms with Crippen LogP contribution in [0, 0.1) is 0 Å². The Morgan fingerprint density at radius 3 is 2.39 bits per heavy atom. The van der Waals surface area contributed by atoms with Crippen LogP contribution in [0.3, 0.4) is 0 Å². The van der Waals surface area contributed by atoms with Crippen LogP contribution < -0.4 is 10.0 Å². The first kappa shape index (κ1) is 25.0. The maximum absolute atomic E-state index is 13.5. The van der Waals surface area contributed by atoms with Gasteiger partial charge in [0.1, 0.15) is 6.04 Å². The number of benzene rings is 2. The Morgan fingerprint density at radius 2 is 1.73 bits per heavy atom. The van der Waals surface area contributed by atoms with Gasteiger partial charge in [-0.05, 0) is 48.6 Å². The monoisotopic (exact) mass is 494 g/mol. The molecule has 0 heterocycles. The molecule has 0 aromatic heterocycles. The minimum atomic E-state index is -5.16. The van der Waals surface area contributed by atoms with Crippen LogP contribution in [0.5, 0.6) is 0 Å². The second-order valence-corrected chi connectivity index (χ2v) is 9.37. The van der Waals surface area contributed by atoms with Gasteiger partial charge in [-0.2, -0.15) is 31.1 Å². The maximum Gasteiger partial charge on any atom is 0.416 e. The number of nitrogens with one attached hydrogen (secondary N) is 2. The van der Waals surface area contributed by atoms with Gasteiger partial charge in [-0.3, -0.25) is 4.79 Å². The molecule has 33 heavy (non-hydrogen) atoms. The fourth-order valence-corrected chi connectivity index (χ4v) is 4.93. The molecule has 0 saturated heterocycles. The van der Waals surface area contributed by atoms with E-state index >= 15 is 0 Å². The van der Waals surface area contributed by atoms with Gasteiger partial charge in [0, 0.05) is 0 Å². The molecule has 2 N–H and O–H groups in total. The van der Waals surface area contributed by atoms with E-state index in [1.54, 1.807) is 12.1 Å². The van der Waals surface area contributed by atoms with Gasteiger partial charge >= 0.3 is 12.4 Å². The molecule has 0 bridgehead atoms. The van der Waals surface area contributed by atoms with Gasteiger partial charge in [-0.1, -0.05) is 30.3 Å². The number of carbonyl (C=O) groups excluding carboxylic acids is 1. The van der Waals surface area contributed by atoms with Crippen LogP contribution >= 0.6 is 0 Å². The summed E-state index contributed by atoms with van der Waals surface area (Å²) in [5, 5.41) is 2.51. The van der Waals surface area contributed by atoms with E-state index in [1.807, 2.05) is 12.1 Å². The minimum absolute atomic E-state index is 0.231. The maximum atomic E-state index is 13.5. The molecule has 1 aliphatic carbocycles. The van der Waals surface area contributed by atoms with Crippen LogP contribution in [-0.4, -0.2) is 26.5 Å². The van der Waals surface area contributed by atoms with Gasteiger partial charge in [0.15, 0.2) is 0 Å². The molecule has 0 spiro atoms. The number of sulfonamides is 1. The Labute approximate surface area is 186 Å². The fraction of sp³-hybridized carbons (Fsp3) is 0.381. The first-order valence-corrected chi connectivity index (χ1v) is 11.4. The molecule has 5 nitrogen and oxygen atoms in total. The summed E-state index contributed by atoms with van der Waals surface area (Å²) >= 11 is 0. The molecule has 0 radical (unpaired) electrons. The normalized spacial score (nSPS) is 17.8. The van der Waals surface area contributed by atoms with Gasteiger partial charge in [0.05, 0.1) is 22.9 Å². The Bertz CT molecular complexity index is 1120. The van der Waals surface area contributed by atoms with E-state index in [0.717, 1.165) is 29.7 Å². The standard InChI is InChI=1S/C21H20F6N2O3S/c22-20(23,24)14-7-4-8-15(11-14)33(31,32)29-18(21(25,26)27)12-19(30)28-17-10-3-6-13-5-1-2-9-16(13)17/h1-2,4-5,7-9,11,17-18,29H,3,6,10,12H2,(H,28,30). The molecule has 2 unspecified atom stereocenters. The summed E-state index contributed by atoms with van der Waals surface area (Å²) in [7, 11) is -5.00. The third-order valence-corrected chi connectivity index (χ3v) is 6.73. The predicted octanol–water partition coefficient (Wildman–Crippen LogP) is 4.50. The molecule has 2 aromatic carbocycles. The Balaban J connectivity index is 1.77. The van der Waals surface area contributed by atoms with Crippen molar-refractivity contribution in [1.82, 2.24) is 10.0 Å². The number of halogens is 6. The zero-order valence-electron chi connectivity index (χ0n) is 17.0. The van der Waals surface area contributed by atoms with Gasteiger partial charge < -0.3 is 5.32 Å². The van der Waals surface area contributed by atoms with Crippen molar-refractivity contribution >= 4 is 15.9 Å². The van der Waals surface area contributed by atoms with Crippen molar-refractivity contribution in [3.05, 3.63) is 65.2 Å². The molecule has 180 valence electrons. The second-order valence-electron chi connectivity index (χ2n) is 7.66. The predicted molar refractivity (Wildman–Crippen MR) is 106 cm³/mol. The van der Waals surface area contributed by atoms with Gasteiger partial charge in [-0.15, -0.1) is 0 Å². The number of carbonyl (C=O) groups is 1. The molecule has 1 aliphatic rings. The molecule has 3 rings (SSSR count). The highest BCUT2D eigenvalue weighted by Gasteiger charge is 2.44. The lowest BCUT2D eigenvalue weighted by molar-refractivity contribution is -0.158. The van der Waals surface area contributed by atoms with Crippen molar-refractivity contribution in [2.24, 2.45) is 0 Å². The highest BCUT2D eigenvalue weighted by Crippen LogP contribution is 2.32. The fourth-order valence-electron chi connectivity index (χ4n) is 3.66. The molecule has 0 aliphatic heterocycles. The zero-order valence-corrected chi connectivity index (χ0v) is 17.8. The average molecular weight is 494 g/mol. The Hall–Kier alpha value is -2.60. The Kier molecular flexibility index (Phi) is 7.08. The van der Waals surface area contributed by atoms with E-state index in [9.17, 15) is 39.6 Å². The van der Waals surface area contributed by atoms with Gasteiger partial charge in [-0.25, -0.2) is 8.42 Å². The van der Waals surface area contributed by atoms with E-state index in [2.05, 4.69) is 5.32 Å². The summed E-state index contributed by atoms with van der Waals surface area (Å²) in [5.41, 5.74) is 0.416. The highest BCUT2D eigenvalue weighted by atomic mass is 32.2. The number of alkyl halides is 6. The third kappa shape index (κ3) is 6.26. The molecule has 2 atom stereocenters. The number of aryl methyl sites for hydroxylation is 1. The largest absolute Gasteiger partial charge is 0.416 e. The van der Waals surface area contributed by atoms with Crippen molar-refractivity contribution in [2.75, 3.05) is 0 Å². The van der Waals surface area contributed by atoms with Crippen molar-refractivity contribution < 1.29 is 39.6 Å². The van der Waals surface area contributed by atoms with Crippen LogP contribution in [0.1, 0.15) is 42.0 Å². The zero-order chi connectivity index (χ0) is 24.4. The van der Waals surface area contributed by atoms with Gasteiger partial charge in [0.2, 0.25) is 15.9 Å². The molecular formula is C21H20F6N2O3S. The second kappa shape index (κ2) is 9.34. The summed E-state index contributed by atoms with van der Waals surface area (Å²) in [6.07, 6.45) is -9.31. The lowest BCUT2D eigenvalue weighted by Gasteiger charge is -2.27. The van der Waals surface area contributed by atoms with Crippen LogP contribution in [-0.2, 0) is 27.4 Å². The average Bonchev–Trinajstić information content (AvgIpc) is 2.72. The van der Waals surface area contributed by atoms with Crippen LogP contribution in [0.2, 0.25) is 0 Å². The smallest absolute Gasteiger partial charge is 0.349 e. The topological polar surface area (TPSA) is 75.3 Å². The summed E-state index contributed by atoms with van der Waals surface area (Å²) in [6, 6.07) is 6.16. The molecule has 1 amide bonds.